The quantitative estimate of drug-likeness (QED) is 0.753. The molecule has 2 amide bonds. The first-order valence-electron chi connectivity index (χ1n) is 8.11. The van der Waals surface area contributed by atoms with Crippen LogP contribution < -0.4 is 16.4 Å². The molecule has 0 bridgehead atoms. The van der Waals surface area contributed by atoms with Gasteiger partial charge >= 0.3 is 0 Å². The summed E-state index contributed by atoms with van der Waals surface area (Å²) in [6.07, 6.45) is 1.35. The molecule has 128 valence electrons. The number of carbonyl (C=O) groups is 2. The highest BCUT2D eigenvalue weighted by atomic mass is 16.2. The minimum atomic E-state index is -0.566. The summed E-state index contributed by atoms with van der Waals surface area (Å²) in [4.78, 5) is 24.8. The van der Waals surface area contributed by atoms with Gasteiger partial charge in [-0.2, -0.15) is 0 Å². The molecule has 4 N–H and O–H groups in total. The molecule has 0 heterocycles. The van der Waals surface area contributed by atoms with E-state index in [4.69, 9.17) is 5.73 Å². The molecule has 0 saturated carbocycles. The zero-order valence-electron chi connectivity index (χ0n) is 14.8. The topological polar surface area (TPSA) is 84.2 Å². The van der Waals surface area contributed by atoms with Crippen LogP contribution in [0.4, 0.5) is 5.69 Å². The first-order chi connectivity index (χ1) is 10.7. The number of amides is 2. The molecule has 0 fully saturated rings. The Labute approximate surface area is 139 Å². The number of rotatable bonds is 6. The van der Waals surface area contributed by atoms with Crippen LogP contribution in [0.25, 0.3) is 0 Å². The summed E-state index contributed by atoms with van der Waals surface area (Å²) in [6.45, 7) is 10.0. The molecule has 0 aromatic heterocycles. The number of nitrogens with one attached hydrogen (secondary N) is 2. The summed E-state index contributed by atoms with van der Waals surface area (Å²) in [7, 11) is 0. The maximum atomic E-state index is 12.5. The first-order valence-corrected chi connectivity index (χ1v) is 8.11. The summed E-state index contributed by atoms with van der Waals surface area (Å²) in [5, 5.41) is 5.80. The van der Waals surface area contributed by atoms with E-state index < -0.39 is 5.41 Å². The fourth-order valence-corrected chi connectivity index (χ4v) is 2.37. The van der Waals surface area contributed by atoms with E-state index in [1.54, 1.807) is 24.3 Å². The molecule has 0 aliphatic carbocycles. The molecular weight excluding hydrogens is 290 g/mol. The Bertz CT molecular complexity index is 549. The van der Waals surface area contributed by atoms with Crippen LogP contribution in [0.1, 0.15) is 57.8 Å². The monoisotopic (exact) mass is 319 g/mol. The van der Waals surface area contributed by atoms with Crippen LogP contribution in [0, 0.1) is 5.41 Å². The van der Waals surface area contributed by atoms with Gasteiger partial charge in [-0.1, -0.05) is 19.9 Å². The van der Waals surface area contributed by atoms with Crippen LogP contribution in [0.3, 0.4) is 0 Å². The molecule has 0 spiro atoms. The van der Waals surface area contributed by atoms with E-state index in [0.717, 1.165) is 0 Å². The van der Waals surface area contributed by atoms with Crippen LogP contribution in [-0.2, 0) is 4.79 Å². The largest absolute Gasteiger partial charge is 0.347 e. The van der Waals surface area contributed by atoms with Crippen LogP contribution in [0.5, 0.6) is 0 Å². The third-order valence-electron chi connectivity index (χ3n) is 4.10. The first kappa shape index (κ1) is 19.2. The predicted molar refractivity (Wildman–Crippen MR) is 94.4 cm³/mol. The highest BCUT2D eigenvalue weighted by Crippen LogP contribution is 2.27. The number of hydrogen-bond acceptors (Lipinski definition) is 3. The van der Waals surface area contributed by atoms with E-state index in [1.807, 2.05) is 34.6 Å². The Balaban J connectivity index is 2.93. The van der Waals surface area contributed by atoms with Crippen molar-refractivity contribution in [2.45, 2.75) is 53.0 Å². The lowest BCUT2D eigenvalue weighted by molar-refractivity contribution is -0.125. The van der Waals surface area contributed by atoms with E-state index >= 15 is 0 Å². The van der Waals surface area contributed by atoms with Gasteiger partial charge in [0.25, 0.3) is 5.91 Å². The van der Waals surface area contributed by atoms with Gasteiger partial charge in [-0.25, -0.2) is 0 Å². The van der Waals surface area contributed by atoms with Gasteiger partial charge in [-0.3, -0.25) is 9.59 Å². The van der Waals surface area contributed by atoms with Crippen LogP contribution in [0.2, 0.25) is 0 Å². The van der Waals surface area contributed by atoms with Gasteiger partial charge in [-0.05, 0) is 51.8 Å². The van der Waals surface area contributed by atoms with Gasteiger partial charge in [0.05, 0.1) is 5.41 Å². The van der Waals surface area contributed by atoms with Crippen molar-refractivity contribution >= 4 is 17.5 Å². The lowest BCUT2D eigenvalue weighted by Crippen LogP contribution is -2.41. The number of hydrogen-bond donors (Lipinski definition) is 3. The van der Waals surface area contributed by atoms with Gasteiger partial charge < -0.3 is 16.4 Å². The zero-order chi connectivity index (χ0) is 17.7. The summed E-state index contributed by atoms with van der Waals surface area (Å²) in [5.41, 5.74) is 6.06. The summed E-state index contributed by atoms with van der Waals surface area (Å²) in [6, 6.07) is 6.95. The summed E-state index contributed by atoms with van der Waals surface area (Å²) < 4.78 is 0. The molecule has 1 aromatic rings. The Morgan fingerprint density at radius 1 is 1.13 bits per heavy atom. The smallest absolute Gasteiger partial charge is 0.251 e. The SMILES string of the molecule is CCC(CC)(CN)C(=O)Nc1cccc(C(=O)NC(C)(C)C)c1. The lowest BCUT2D eigenvalue weighted by atomic mass is 9.81. The second-order valence-electron chi connectivity index (χ2n) is 6.93. The lowest BCUT2D eigenvalue weighted by Gasteiger charge is -2.28. The van der Waals surface area contributed by atoms with Gasteiger partial charge in [-0.15, -0.1) is 0 Å². The van der Waals surface area contributed by atoms with E-state index in [9.17, 15) is 9.59 Å². The highest BCUT2D eigenvalue weighted by Gasteiger charge is 2.33. The van der Waals surface area contributed by atoms with Crippen molar-refractivity contribution in [3.05, 3.63) is 29.8 Å². The molecule has 0 aliphatic heterocycles. The minimum absolute atomic E-state index is 0.0987. The van der Waals surface area contributed by atoms with Crippen LogP contribution in [-0.4, -0.2) is 23.9 Å². The van der Waals surface area contributed by atoms with Crippen molar-refractivity contribution in [1.82, 2.24) is 5.32 Å². The minimum Gasteiger partial charge on any atom is -0.347 e. The Morgan fingerprint density at radius 2 is 1.74 bits per heavy atom. The fraction of sp³-hybridized carbons (Fsp3) is 0.556. The summed E-state index contributed by atoms with van der Waals surface area (Å²) >= 11 is 0. The van der Waals surface area contributed by atoms with Gasteiger partial charge in [0, 0.05) is 23.3 Å². The predicted octanol–water partition coefficient (Wildman–Crippen LogP) is 2.92. The second kappa shape index (κ2) is 7.59. The van der Waals surface area contributed by atoms with Crippen LogP contribution >= 0.6 is 0 Å². The van der Waals surface area contributed by atoms with E-state index in [0.29, 0.717) is 30.6 Å². The van der Waals surface area contributed by atoms with Gasteiger partial charge in [0.15, 0.2) is 0 Å². The van der Waals surface area contributed by atoms with Crippen molar-refractivity contribution in [2.24, 2.45) is 11.1 Å². The molecule has 0 unspecified atom stereocenters. The number of benzene rings is 1. The second-order valence-corrected chi connectivity index (χ2v) is 6.93. The Kier molecular flexibility index (Phi) is 6.33. The number of nitrogens with two attached hydrogens (primary N) is 1. The molecule has 0 aliphatic rings. The van der Waals surface area contributed by atoms with Crippen molar-refractivity contribution < 1.29 is 9.59 Å². The maximum absolute atomic E-state index is 12.5. The molecule has 5 heteroatoms. The molecule has 1 rings (SSSR count). The number of carbonyl (C=O) groups excluding carboxylic acids is 2. The fourth-order valence-electron chi connectivity index (χ4n) is 2.37. The molecule has 0 atom stereocenters. The standard InChI is InChI=1S/C18H29N3O2/c1-6-18(7-2,12-19)16(23)20-14-10-8-9-13(11-14)15(22)21-17(3,4)5/h8-11H,6-7,12,19H2,1-5H3,(H,20,23)(H,21,22). The average Bonchev–Trinajstić information content (AvgIpc) is 2.48. The van der Waals surface area contributed by atoms with Crippen molar-refractivity contribution in [3.8, 4) is 0 Å². The normalized spacial score (nSPS) is 11.9. The Morgan fingerprint density at radius 3 is 2.22 bits per heavy atom. The molecule has 23 heavy (non-hydrogen) atoms. The van der Waals surface area contributed by atoms with E-state index in [1.165, 1.54) is 0 Å². The zero-order valence-corrected chi connectivity index (χ0v) is 14.8. The van der Waals surface area contributed by atoms with Crippen LogP contribution in [0.15, 0.2) is 24.3 Å². The van der Waals surface area contributed by atoms with E-state index in [-0.39, 0.29) is 17.4 Å². The summed E-state index contributed by atoms with van der Waals surface area (Å²) in [5.74, 6) is -0.261. The molecule has 0 saturated heterocycles. The third-order valence-corrected chi connectivity index (χ3v) is 4.10. The average molecular weight is 319 g/mol. The molecule has 5 nitrogen and oxygen atoms in total. The molecule has 1 aromatic carbocycles. The third kappa shape index (κ3) is 5.06. The molecular formula is C18H29N3O2. The van der Waals surface area contributed by atoms with Crippen molar-refractivity contribution in [3.63, 3.8) is 0 Å². The van der Waals surface area contributed by atoms with Gasteiger partial charge in [0.2, 0.25) is 5.91 Å². The van der Waals surface area contributed by atoms with E-state index in [2.05, 4.69) is 10.6 Å². The van der Waals surface area contributed by atoms with Gasteiger partial charge in [0.1, 0.15) is 0 Å². The van der Waals surface area contributed by atoms with Crippen molar-refractivity contribution in [2.75, 3.05) is 11.9 Å². The molecule has 0 radical (unpaired) electrons. The maximum Gasteiger partial charge on any atom is 0.251 e. The highest BCUT2D eigenvalue weighted by molar-refractivity contribution is 5.99. The Hall–Kier alpha value is -1.88. The van der Waals surface area contributed by atoms with Crippen molar-refractivity contribution in [1.29, 1.82) is 0 Å². The number of anilines is 1.